The molecule has 0 aliphatic heterocycles. The first-order chi connectivity index (χ1) is 12.6. The minimum Gasteiger partial charge on any atom is -0.465 e. The van der Waals surface area contributed by atoms with Gasteiger partial charge in [-0.1, -0.05) is 29.8 Å². The fraction of sp³-hybridized carbons (Fsp3) is 0.278. The molecule has 0 radical (unpaired) electrons. The highest BCUT2D eigenvalue weighted by Gasteiger charge is 2.26. The first kappa shape index (κ1) is 16.7. The van der Waals surface area contributed by atoms with E-state index in [0.717, 1.165) is 29.3 Å². The molecule has 0 unspecified atom stereocenters. The molecule has 1 aliphatic carbocycles. The number of nitrogens with zero attached hydrogens (tertiary/aromatic N) is 2. The normalized spacial score (nSPS) is 19.6. The third kappa shape index (κ3) is 3.30. The number of benzene rings is 1. The van der Waals surface area contributed by atoms with Crippen molar-refractivity contribution in [2.24, 2.45) is 0 Å². The Morgan fingerprint density at radius 3 is 2.92 bits per heavy atom. The third-order valence-electron chi connectivity index (χ3n) is 4.68. The van der Waals surface area contributed by atoms with Crippen molar-refractivity contribution in [3.05, 3.63) is 41.7 Å². The summed E-state index contributed by atoms with van der Waals surface area (Å²) in [4.78, 5) is 22.9. The Balaban J connectivity index is 1.56. The second kappa shape index (κ2) is 6.84. The van der Waals surface area contributed by atoms with Crippen LogP contribution in [0.15, 0.2) is 36.7 Å². The number of H-pyrrole nitrogens is 1. The molecule has 8 heteroatoms. The van der Waals surface area contributed by atoms with Crippen LogP contribution in [0.25, 0.3) is 22.2 Å². The lowest BCUT2D eigenvalue weighted by atomic mass is 10.1. The minimum atomic E-state index is -0.986. The number of aromatic nitrogens is 3. The van der Waals surface area contributed by atoms with Crippen molar-refractivity contribution < 1.29 is 9.90 Å². The number of carbonyl (C=O) groups is 1. The molecule has 0 bridgehead atoms. The standard InChI is InChI=1S/C18H18ClN5O2/c19-14-9-21-17(22-10-5-6-11(7-10)23-18(25)26)24-16(14)13-8-20-15-4-2-1-3-12(13)15/h1-4,8-11,20,23H,5-7H2,(H,25,26)(H,21,22,24)/t10-,11-/m0/s1. The Kier molecular flexibility index (Phi) is 4.38. The number of fused-ring (bicyclic) bond motifs is 1. The van der Waals surface area contributed by atoms with Crippen LogP contribution < -0.4 is 10.6 Å². The van der Waals surface area contributed by atoms with Crippen LogP contribution in [-0.2, 0) is 0 Å². The fourth-order valence-corrected chi connectivity index (χ4v) is 3.69. The molecule has 134 valence electrons. The number of aromatic amines is 1. The largest absolute Gasteiger partial charge is 0.465 e. The molecule has 4 rings (SSSR count). The molecule has 1 fully saturated rings. The van der Waals surface area contributed by atoms with Crippen LogP contribution in [0.2, 0.25) is 5.02 Å². The molecule has 0 spiro atoms. The summed E-state index contributed by atoms with van der Waals surface area (Å²) in [5.74, 6) is 0.496. The molecule has 1 aromatic carbocycles. The van der Waals surface area contributed by atoms with Crippen LogP contribution in [0.3, 0.4) is 0 Å². The van der Waals surface area contributed by atoms with Gasteiger partial charge in [0.25, 0.3) is 0 Å². The summed E-state index contributed by atoms with van der Waals surface area (Å²) < 4.78 is 0. The van der Waals surface area contributed by atoms with Gasteiger partial charge >= 0.3 is 6.09 Å². The van der Waals surface area contributed by atoms with E-state index in [1.807, 2.05) is 30.5 Å². The topological polar surface area (TPSA) is 103 Å². The van der Waals surface area contributed by atoms with Gasteiger partial charge in [-0.3, -0.25) is 0 Å². The number of amides is 1. The summed E-state index contributed by atoms with van der Waals surface area (Å²) in [5.41, 5.74) is 2.61. The predicted octanol–water partition coefficient (Wildman–Crippen LogP) is 3.88. The van der Waals surface area contributed by atoms with Crippen LogP contribution in [0.5, 0.6) is 0 Å². The van der Waals surface area contributed by atoms with Gasteiger partial charge < -0.3 is 20.7 Å². The first-order valence-corrected chi connectivity index (χ1v) is 8.83. The van der Waals surface area contributed by atoms with Crippen LogP contribution in [0.1, 0.15) is 19.3 Å². The Bertz CT molecular complexity index is 958. The molecule has 1 amide bonds. The molecule has 1 saturated carbocycles. The smallest absolute Gasteiger partial charge is 0.404 e. The van der Waals surface area contributed by atoms with E-state index in [9.17, 15) is 4.79 Å². The molecular formula is C18H18ClN5O2. The number of carboxylic acid groups (broad SMARTS) is 1. The molecule has 3 aromatic rings. The second-order valence-electron chi connectivity index (χ2n) is 6.44. The van der Waals surface area contributed by atoms with E-state index < -0.39 is 6.09 Å². The van der Waals surface area contributed by atoms with E-state index in [1.165, 1.54) is 0 Å². The van der Waals surface area contributed by atoms with Crippen molar-refractivity contribution in [2.75, 3.05) is 5.32 Å². The molecule has 0 saturated heterocycles. The molecule has 7 nitrogen and oxygen atoms in total. The highest BCUT2D eigenvalue weighted by Crippen LogP contribution is 2.32. The maximum absolute atomic E-state index is 10.8. The van der Waals surface area contributed by atoms with Crippen molar-refractivity contribution in [1.82, 2.24) is 20.3 Å². The summed E-state index contributed by atoms with van der Waals surface area (Å²) in [7, 11) is 0. The number of halogens is 1. The average Bonchev–Trinajstić information content (AvgIpc) is 3.23. The Morgan fingerprint density at radius 2 is 2.08 bits per heavy atom. The monoisotopic (exact) mass is 371 g/mol. The summed E-state index contributed by atoms with van der Waals surface area (Å²) in [6.45, 7) is 0. The Morgan fingerprint density at radius 1 is 1.27 bits per heavy atom. The van der Waals surface area contributed by atoms with Crippen molar-refractivity contribution in [3.8, 4) is 11.3 Å². The Hall–Kier alpha value is -2.80. The number of rotatable bonds is 4. The molecule has 2 atom stereocenters. The van der Waals surface area contributed by atoms with Crippen LogP contribution in [0, 0.1) is 0 Å². The zero-order chi connectivity index (χ0) is 18.1. The van der Waals surface area contributed by atoms with Gasteiger partial charge in [0.2, 0.25) is 5.95 Å². The van der Waals surface area contributed by atoms with Crippen LogP contribution in [0.4, 0.5) is 10.7 Å². The molecule has 2 aromatic heterocycles. The highest BCUT2D eigenvalue weighted by molar-refractivity contribution is 6.33. The minimum absolute atomic E-state index is 0.0367. The quantitative estimate of drug-likeness (QED) is 0.557. The maximum Gasteiger partial charge on any atom is 0.404 e. The van der Waals surface area contributed by atoms with Gasteiger partial charge in [-0.2, -0.15) is 0 Å². The zero-order valence-corrected chi connectivity index (χ0v) is 14.6. The number of para-hydroxylation sites is 1. The van der Waals surface area contributed by atoms with Gasteiger partial charge in [0, 0.05) is 34.7 Å². The van der Waals surface area contributed by atoms with Crippen molar-refractivity contribution in [3.63, 3.8) is 0 Å². The number of hydrogen-bond acceptors (Lipinski definition) is 4. The van der Waals surface area contributed by atoms with Gasteiger partial charge in [0.15, 0.2) is 0 Å². The number of hydrogen-bond donors (Lipinski definition) is 4. The summed E-state index contributed by atoms with van der Waals surface area (Å²) >= 11 is 6.34. The molecular weight excluding hydrogens is 354 g/mol. The molecule has 2 heterocycles. The van der Waals surface area contributed by atoms with Crippen molar-refractivity contribution in [1.29, 1.82) is 0 Å². The lowest BCUT2D eigenvalue weighted by Crippen LogP contribution is -2.32. The van der Waals surface area contributed by atoms with Gasteiger partial charge in [0.1, 0.15) is 0 Å². The van der Waals surface area contributed by atoms with Gasteiger partial charge in [-0.15, -0.1) is 0 Å². The van der Waals surface area contributed by atoms with E-state index in [0.29, 0.717) is 23.1 Å². The molecule has 1 aliphatic rings. The van der Waals surface area contributed by atoms with E-state index in [1.54, 1.807) is 6.20 Å². The van der Waals surface area contributed by atoms with Crippen molar-refractivity contribution >= 4 is 34.5 Å². The average molecular weight is 372 g/mol. The third-order valence-corrected chi connectivity index (χ3v) is 4.96. The fourth-order valence-electron chi connectivity index (χ4n) is 3.49. The zero-order valence-electron chi connectivity index (χ0n) is 13.9. The first-order valence-electron chi connectivity index (χ1n) is 8.45. The summed E-state index contributed by atoms with van der Waals surface area (Å²) in [6.07, 6.45) is 4.87. The highest BCUT2D eigenvalue weighted by atomic mass is 35.5. The van der Waals surface area contributed by atoms with E-state index in [4.69, 9.17) is 16.7 Å². The predicted molar refractivity (Wildman–Crippen MR) is 101 cm³/mol. The number of anilines is 1. The van der Waals surface area contributed by atoms with Crippen molar-refractivity contribution in [2.45, 2.75) is 31.3 Å². The van der Waals surface area contributed by atoms with Gasteiger partial charge in [-0.05, 0) is 25.3 Å². The summed E-state index contributed by atoms with van der Waals surface area (Å²) in [6, 6.07) is 8.06. The van der Waals surface area contributed by atoms with Crippen LogP contribution >= 0.6 is 11.6 Å². The number of nitrogens with one attached hydrogen (secondary N) is 3. The van der Waals surface area contributed by atoms with E-state index >= 15 is 0 Å². The van der Waals surface area contributed by atoms with E-state index in [2.05, 4.69) is 25.6 Å². The van der Waals surface area contributed by atoms with Gasteiger partial charge in [0.05, 0.1) is 16.9 Å². The lowest BCUT2D eigenvalue weighted by Gasteiger charge is -2.14. The second-order valence-corrected chi connectivity index (χ2v) is 6.85. The van der Waals surface area contributed by atoms with Gasteiger partial charge in [-0.25, -0.2) is 14.8 Å². The lowest BCUT2D eigenvalue weighted by molar-refractivity contribution is 0.190. The summed E-state index contributed by atoms with van der Waals surface area (Å²) in [5, 5.41) is 16.2. The maximum atomic E-state index is 10.8. The molecule has 26 heavy (non-hydrogen) atoms. The molecule has 4 N–H and O–H groups in total. The van der Waals surface area contributed by atoms with E-state index in [-0.39, 0.29) is 12.1 Å². The Labute approximate surface area is 154 Å². The van der Waals surface area contributed by atoms with Crippen LogP contribution in [-0.4, -0.2) is 38.2 Å². The SMILES string of the molecule is O=C(O)N[C@H]1CC[C@H](Nc2ncc(Cl)c(-c3c[nH]c4ccccc34)n2)C1.